The molecule has 0 atom stereocenters. The largest absolute Gasteiger partial charge is 0.462 e. The number of anilines is 1. The summed E-state index contributed by atoms with van der Waals surface area (Å²) in [5, 5.41) is 0. The molecule has 72 valence electrons. The molecule has 1 aromatic rings. The maximum atomic E-state index is 11.1. The maximum Gasteiger partial charge on any atom is 0.334 e. The lowest BCUT2D eigenvalue weighted by atomic mass is 10.1. The summed E-state index contributed by atoms with van der Waals surface area (Å²) in [6.07, 6.45) is 2.54. The first-order valence-electron chi connectivity index (χ1n) is 4.49. The molecular formula is C11H11NO2. The third-order valence-corrected chi connectivity index (χ3v) is 2.14. The molecular weight excluding hydrogens is 178 g/mol. The summed E-state index contributed by atoms with van der Waals surface area (Å²) in [6, 6.07) is 7.39. The molecule has 1 aromatic carbocycles. The highest BCUT2D eigenvalue weighted by atomic mass is 16.5. The van der Waals surface area contributed by atoms with Crippen LogP contribution < -0.4 is 5.73 Å². The van der Waals surface area contributed by atoms with E-state index in [1.807, 2.05) is 30.3 Å². The van der Waals surface area contributed by atoms with Gasteiger partial charge in [0.1, 0.15) is 0 Å². The molecule has 0 saturated carbocycles. The van der Waals surface area contributed by atoms with E-state index in [4.69, 9.17) is 10.5 Å². The van der Waals surface area contributed by atoms with E-state index in [2.05, 4.69) is 0 Å². The average molecular weight is 189 g/mol. The Hall–Kier alpha value is -1.77. The number of esters is 1. The van der Waals surface area contributed by atoms with E-state index < -0.39 is 0 Å². The Balaban J connectivity index is 2.24. The fourth-order valence-corrected chi connectivity index (χ4v) is 1.37. The number of carbonyl (C=O) groups is 1. The van der Waals surface area contributed by atoms with Gasteiger partial charge in [0, 0.05) is 17.7 Å². The van der Waals surface area contributed by atoms with E-state index in [9.17, 15) is 4.79 Å². The van der Waals surface area contributed by atoms with Crippen molar-refractivity contribution < 1.29 is 9.53 Å². The first kappa shape index (κ1) is 8.81. The Kier molecular flexibility index (Phi) is 2.23. The zero-order valence-electron chi connectivity index (χ0n) is 7.69. The molecule has 1 aliphatic heterocycles. The fraction of sp³-hybridized carbons (Fsp3) is 0.182. The summed E-state index contributed by atoms with van der Waals surface area (Å²) in [7, 11) is 0. The maximum absolute atomic E-state index is 11.1. The van der Waals surface area contributed by atoms with Crippen LogP contribution in [0.1, 0.15) is 12.0 Å². The van der Waals surface area contributed by atoms with Crippen molar-refractivity contribution in [2.75, 3.05) is 12.3 Å². The van der Waals surface area contributed by atoms with Crippen LogP contribution in [0.3, 0.4) is 0 Å². The van der Waals surface area contributed by atoms with E-state index >= 15 is 0 Å². The van der Waals surface area contributed by atoms with Crippen LogP contribution in [-0.4, -0.2) is 12.6 Å². The van der Waals surface area contributed by atoms with Gasteiger partial charge in [0.15, 0.2) is 0 Å². The number of cyclic esters (lactones) is 1. The second kappa shape index (κ2) is 3.54. The van der Waals surface area contributed by atoms with Crippen molar-refractivity contribution in [3.05, 3.63) is 35.4 Å². The summed E-state index contributed by atoms with van der Waals surface area (Å²) in [5.74, 6) is -0.207. The van der Waals surface area contributed by atoms with E-state index in [0.717, 1.165) is 16.8 Å². The number of ether oxygens (including phenoxy) is 1. The van der Waals surface area contributed by atoms with Gasteiger partial charge in [-0.3, -0.25) is 0 Å². The first-order chi connectivity index (χ1) is 6.75. The molecule has 2 N–H and O–H groups in total. The Bertz CT molecular complexity index is 379. The Morgan fingerprint density at radius 2 is 2.00 bits per heavy atom. The third-order valence-electron chi connectivity index (χ3n) is 2.14. The molecule has 0 aromatic heterocycles. The number of nitrogen functional groups attached to an aromatic ring is 1. The minimum atomic E-state index is -0.207. The highest BCUT2D eigenvalue weighted by molar-refractivity contribution is 5.95. The number of nitrogens with two attached hydrogens (primary N) is 1. The quantitative estimate of drug-likeness (QED) is 0.414. The van der Waals surface area contributed by atoms with Crippen molar-refractivity contribution in [3.8, 4) is 0 Å². The number of carbonyl (C=O) groups excluding carboxylic acids is 1. The molecule has 1 saturated heterocycles. The SMILES string of the molecule is Nc1ccc(/C=C2/CCOC2=O)cc1. The van der Waals surface area contributed by atoms with Crippen LogP contribution >= 0.6 is 0 Å². The zero-order chi connectivity index (χ0) is 9.97. The van der Waals surface area contributed by atoms with Crippen LogP contribution in [-0.2, 0) is 9.53 Å². The summed E-state index contributed by atoms with van der Waals surface area (Å²) < 4.78 is 4.83. The van der Waals surface area contributed by atoms with E-state index in [-0.39, 0.29) is 5.97 Å². The number of rotatable bonds is 1. The third kappa shape index (κ3) is 1.76. The lowest BCUT2D eigenvalue weighted by molar-refractivity contribution is -0.134. The molecule has 1 aliphatic rings. The molecule has 0 amide bonds. The Morgan fingerprint density at radius 3 is 2.57 bits per heavy atom. The van der Waals surface area contributed by atoms with Gasteiger partial charge in [-0.05, 0) is 23.8 Å². The van der Waals surface area contributed by atoms with Crippen LogP contribution in [0, 0.1) is 0 Å². The Labute approximate surface area is 82.2 Å². The average Bonchev–Trinajstić information content (AvgIpc) is 2.56. The lowest BCUT2D eigenvalue weighted by Gasteiger charge is -1.96. The summed E-state index contributed by atoms with van der Waals surface area (Å²) >= 11 is 0. The van der Waals surface area contributed by atoms with Crippen molar-refractivity contribution in [3.63, 3.8) is 0 Å². The monoisotopic (exact) mass is 189 g/mol. The summed E-state index contributed by atoms with van der Waals surface area (Å²) in [6.45, 7) is 0.500. The molecule has 14 heavy (non-hydrogen) atoms. The molecule has 3 heteroatoms. The minimum absolute atomic E-state index is 0.207. The van der Waals surface area contributed by atoms with Crippen molar-refractivity contribution in [1.29, 1.82) is 0 Å². The highest BCUT2D eigenvalue weighted by Gasteiger charge is 2.17. The molecule has 0 spiro atoms. The lowest BCUT2D eigenvalue weighted by Crippen LogP contribution is -1.94. The standard InChI is InChI=1S/C11H11NO2/c12-10-3-1-8(2-4-10)7-9-5-6-14-11(9)13/h1-4,7H,5-6,12H2/b9-7-. The van der Waals surface area contributed by atoms with Gasteiger partial charge in [-0.1, -0.05) is 12.1 Å². The second-order valence-electron chi connectivity index (χ2n) is 3.22. The minimum Gasteiger partial charge on any atom is -0.462 e. The molecule has 0 aliphatic carbocycles. The highest BCUT2D eigenvalue weighted by Crippen LogP contribution is 2.17. The predicted molar refractivity (Wildman–Crippen MR) is 54.4 cm³/mol. The number of benzene rings is 1. The van der Waals surface area contributed by atoms with Gasteiger partial charge in [0.25, 0.3) is 0 Å². The van der Waals surface area contributed by atoms with Crippen molar-refractivity contribution >= 4 is 17.7 Å². The predicted octanol–water partition coefficient (Wildman–Crippen LogP) is 1.60. The van der Waals surface area contributed by atoms with Crippen LogP contribution in [0.4, 0.5) is 5.69 Å². The molecule has 0 bridgehead atoms. The van der Waals surface area contributed by atoms with Gasteiger partial charge >= 0.3 is 5.97 Å². The van der Waals surface area contributed by atoms with Gasteiger partial charge in [0.2, 0.25) is 0 Å². The molecule has 0 radical (unpaired) electrons. The van der Waals surface area contributed by atoms with E-state index in [1.165, 1.54) is 0 Å². The van der Waals surface area contributed by atoms with Crippen LogP contribution in [0.15, 0.2) is 29.8 Å². The molecule has 1 fully saturated rings. The van der Waals surface area contributed by atoms with Crippen LogP contribution in [0.2, 0.25) is 0 Å². The van der Waals surface area contributed by atoms with E-state index in [0.29, 0.717) is 13.0 Å². The summed E-state index contributed by atoms with van der Waals surface area (Å²) in [5.41, 5.74) is 7.98. The topological polar surface area (TPSA) is 52.3 Å². The van der Waals surface area contributed by atoms with Crippen molar-refractivity contribution in [1.82, 2.24) is 0 Å². The van der Waals surface area contributed by atoms with Gasteiger partial charge in [-0.25, -0.2) is 4.79 Å². The molecule has 2 rings (SSSR count). The van der Waals surface area contributed by atoms with Crippen LogP contribution in [0.5, 0.6) is 0 Å². The van der Waals surface area contributed by atoms with Gasteiger partial charge in [-0.2, -0.15) is 0 Å². The fourth-order valence-electron chi connectivity index (χ4n) is 1.37. The smallest absolute Gasteiger partial charge is 0.334 e. The van der Waals surface area contributed by atoms with E-state index in [1.54, 1.807) is 0 Å². The van der Waals surface area contributed by atoms with Crippen molar-refractivity contribution in [2.24, 2.45) is 0 Å². The van der Waals surface area contributed by atoms with Gasteiger partial charge in [0.05, 0.1) is 6.61 Å². The van der Waals surface area contributed by atoms with Crippen LogP contribution in [0.25, 0.3) is 6.08 Å². The summed E-state index contributed by atoms with van der Waals surface area (Å²) in [4.78, 5) is 11.1. The van der Waals surface area contributed by atoms with Gasteiger partial charge < -0.3 is 10.5 Å². The molecule has 3 nitrogen and oxygen atoms in total. The molecule has 0 unspecified atom stereocenters. The number of hydrogen-bond donors (Lipinski definition) is 1. The number of hydrogen-bond acceptors (Lipinski definition) is 3. The molecule has 1 heterocycles. The first-order valence-corrected chi connectivity index (χ1v) is 4.49. The van der Waals surface area contributed by atoms with Gasteiger partial charge in [-0.15, -0.1) is 0 Å². The zero-order valence-corrected chi connectivity index (χ0v) is 7.69. The normalized spacial score (nSPS) is 18.6. The van der Waals surface area contributed by atoms with Crippen molar-refractivity contribution in [2.45, 2.75) is 6.42 Å². The Morgan fingerprint density at radius 1 is 1.29 bits per heavy atom. The second-order valence-corrected chi connectivity index (χ2v) is 3.22.